The SMILES string of the molecule is CCCOC[NH+](C)[NH-]. The summed E-state index contributed by atoms with van der Waals surface area (Å²) in [7, 11) is 1.75. The molecule has 0 saturated heterocycles. The molecule has 3 heteroatoms. The molecule has 0 aliphatic carbocycles. The number of quaternary nitrogens is 1. The van der Waals surface area contributed by atoms with Crippen molar-refractivity contribution < 1.29 is 9.75 Å². The molecular formula is C5H14N2O. The van der Waals surface area contributed by atoms with Gasteiger partial charge in [0, 0.05) is 0 Å². The molecule has 0 rings (SSSR count). The van der Waals surface area contributed by atoms with Crippen molar-refractivity contribution in [3.8, 4) is 0 Å². The molecule has 0 amide bonds. The van der Waals surface area contributed by atoms with Crippen LogP contribution in [0.25, 0.3) is 5.84 Å². The van der Waals surface area contributed by atoms with E-state index < -0.39 is 0 Å². The van der Waals surface area contributed by atoms with Gasteiger partial charge in [-0.1, -0.05) is 6.92 Å². The van der Waals surface area contributed by atoms with E-state index in [-0.39, 0.29) is 0 Å². The van der Waals surface area contributed by atoms with E-state index in [2.05, 4.69) is 6.92 Å². The largest absolute Gasteiger partial charge is 0.468 e. The molecule has 0 heterocycles. The molecule has 0 fully saturated rings. The van der Waals surface area contributed by atoms with E-state index in [0.717, 1.165) is 13.0 Å². The van der Waals surface area contributed by atoms with E-state index in [4.69, 9.17) is 10.6 Å². The minimum atomic E-state index is 0.494. The maximum absolute atomic E-state index is 6.95. The molecule has 0 aromatic carbocycles. The van der Waals surface area contributed by atoms with E-state index >= 15 is 0 Å². The molecule has 3 nitrogen and oxygen atoms in total. The van der Waals surface area contributed by atoms with Gasteiger partial charge in [-0.2, -0.15) is 0 Å². The highest BCUT2D eigenvalue weighted by Crippen LogP contribution is 1.73. The topological polar surface area (TPSA) is 37.5 Å². The fraction of sp³-hybridized carbons (Fsp3) is 1.00. The fourth-order valence-corrected chi connectivity index (χ4v) is 0.370. The highest BCUT2D eigenvalue weighted by molar-refractivity contribution is 4.18. The van der Waals surface area contributed by atoms with Crippen LogP contribution in [0.5, 0.6) is 0 Å². The maximum atomic E-state index is 6.95. The van der Waals surface area contributed by atoms with Gasteiger partial charge in [0.25, 0.3) is 0 Å². The lowest BCUT2D eigenvalue weighted by molar-refractivity contribution is -0.849. The van der Waals surface area contributed by atoms with Crippen LogP contribution in [0.15, 0.2) is 0 Å². The highest BCUT2D eigenvalue weighted by atomic mass is 16.5. The van der Waals surface area contributed by atoms with Gasteiger partial charge in [-0.25, -0.2) is 0 Å². The van der Waals surface area contributed by atoms with Gasteiger partial charge in [-0.3, -0.25) is 0 Å². The summed E-state index contributed by atoms with van der Waals surface area (Å²) in [6.07, 6.45) is 1.04. The van der Waals surface area contributed by atoms with Crippen molar-refractivity contribution in [2.75, 3.05) is 20.4 Å². The van der Waals surface area contributed by atoms with Crippen molar-refractivity contribution in [2.24, 2.45) is 0 Å². The quantitative estimate of drug-likeness (QED) is 0.311. The van der Waals surface area contributed by atoms with Gasteiger partial charge in [-0.05, 0) is 6.42 Å². The average Bonchev–Trinajstić information content (AvgIpc) is 1.66. The first-order valence-electron chi connectivity index (χ1n) is 2.89. The molecule has 0 radical (unpaired) electrons. The molecule has 8 heavy (non-hydrogen) atoms. The molecule has 0 spiro atoms. The number of rotatable bonds is 4. The molecule has 0 saturated carbocycles. The minimum Gasteiger partial charge on any atom is -0.468 e. The summed E-state index contributed by atoms with van der Waals surface area (Å²) < 4.78 is 5.02. The molecule has 1 unspecified atom stereocenters. The lowest BCUT2D eigenvalue weighted by atomic mass is 10.5. The van der Waals surface area contributed by atoms with E-state index in [1.54, 1.807) is 7.05 Å². The lowest BCUT2D eigenvalue weighted by Crippen LogP contribution is -3.02. The summed E-state index contributed by atoms with van der Waals surface area (Å²) in [6, 6.07) is 0. The Morgan fingerprint density at radius 2 is 2.25 bits per heavy atom. The second-order valence-electron chi connectivity index (χ2n) is 1.83. The second kappa shape index (κ2) is 5.03. The third-order valence-electron chi connectivity index (χ3n) is 0.667. The number of ether oxygens (including phenoxy) is 1. The first-order valence-corrected chi connectivity index (χ1v) is 2.89. The molecule has 0 aliphatic rings. The van der Waals surface area contributed by atoms with Crippen LogP contribution in [0.2, 0.25) is 0 Å². The average molecular weight is 118 g/mol. The summed E-state index contributed by atoms with van der Waals surface area (Å²) in [6.45, 7) is 3.32. The Balaban J connectivity index is 2.72. The van der Waals surface area contributed by atoms with Gasteiger partial charge in [0.15, 0.2) is 6.73 Å². The van der Waals surface area contributed by atoms with Crippen molar-refractivity contribution in [2.45, 2.75) is 13.3 Å². The molecular weight excluding hydrogens is 104 g/mol. The van der Waals surface area contributed by atoms with E-state index in [0.29, 0.717) is 11.7 Å². The monoisotopic (exact) mass is 118 g/mol. The minimum absolute atomic E-state index is 0.494. The third-order valence-corrected chi connectivity index (χ3v) is 0.667. The second-order valence-corrected chi connectivity index (χ2v) is 1.83. The summed E-state index contributed by atoms with van der Waals surface area (Å²) in [5.74, 6) is 6.95. The maximum Gasteiger partial charge on any atom is 0.172 e. The summed E-state index contributed by atoms with van der Waals surface area (Å²) >= 11 is 0. The molecule has 50 valence electrons. The molecule has 0 aromatic heterocycles. The van der Waals surface area contributed by atoms with Crippen LogP contribution in [0.1, 0.15) is 13.3 Å². The summed E-state index contributed by atoms with van der Waals surface area (Å²) in [5, 5.41) is 0.596. The summed E-state index contributed by atoms with van der Waals surface area (Å²) in [5.41, 5.74) is 0. The van der Waals surface area contributed by atoms with Crippen LogP contribution in [0.3, 0.4) is 0 Å². The Hall–Kier alpha value is -0.120. The van der Waals surface area contributed by atoms with Crippen LogP contribution < -0.4 is 5.01 Å². The van der Waals surface area contributed by atoms with Gasteiger partial charge in [0.1, 0.15) is 0 Å². The molecule has 0 aliphatic heterocycles. The normalized spacial score (nSPS) is 13.9. The van der Waals surface area contributed by atoms with Crippen LogP contribution in [-0.2, 0) is 4.74 Å². The molecule has 0 bridgehead atoms. The predicted molar refractivity (Wildman–Crippen MR) is 32.3 cm³/mol. The van der Waals surface area contributed by atoms with Gasteiger partial charge >= 0.3 is 0 Å². The van der Waals surface area contributed by atoms with Crippen molar-refractivity contribution in [3.63, 3.8) is 0 Å². The van der Waals surface area contributed by atoms with Gasteiger partial charge in [0.05, 0.1) is 13.7 Å². The van der Waals surface area contributed by atoms with E-state index in [1.807, 2.05) is 0 Å². The predicted octanol–water partition coefficient (Wildman–Crippen LogP) is -0.148. The zero-order valence-electron chi connectivity index (χ0n) is 5.53. The van der Waals surface area contributed by atoms with Crippen molar-refractivity contribution in [3.05, 3.63) is 5.84 Å². The molecule has 0 aromatic rings. The Morgan fingerprint density at radius 1 is 1.62 bits per heavy atom. The number of hydrogen-bond acceptors (Lipinski definition) is 1. The zero-order chi connectivity index (χ0) is 6.41. The van der Waals surface area contributed by atoms with E-state index in [1.165, 1.54) is 0 Å². The fourth-order valence-electron chi connectivity index (χ4n) is 0.370. The zero-order valence-corrected chi connectivity index (χ0v) is 5.53. The number of hydrogen-bond donors (Lipinski definition) is 1. The third kappa shape index (κ3) is 5.88. The Kier molecular flexibility index (Phi) is 4.95. The smallest absolute Gasteiger partial charge is 0.172 e. The first-order chi connectivity index (χ1) is 3.77. The van der Waals surface area contributed by atoms with Crippen molar-refractivity contribution in [1.29, 1.82) is 0 Å². The summed E-state index contributed by atoms with van der Waals surface area (Å²) in [4.78, 5) is 0. The highest BCUT2D eigenvalue weighted by Gasteiger charge is 1.84. The van der Waals surface area contributed by atoms with Crippen LogP contribution in [-0.4, -0.2) is 20.4 Å². The van der Waals surface area contributed by atoms with Gasteiger partial charge in [-0.15, -0.1) is 0 Å². The standard InChI is InChI=1S/C5H14N2O/c1-3-4-8-5-7(2)6/h6-7H,3-5H2,1-2H3. The molecule has 1 atom stereocenters. The van der Waals surface area contributed by atoms with Crippen LogP contribution >= 0.6 is 0 Å². The van der Waals surface area contributed by atoms with Crippen molar-refractivity contribution >= 4 is 0 Å². The first kappa shape index (κ1) is 7.88. The number of nitrogens with one attached hydrogen (secondary N) is 2. The Labute approximate surface area is 50.4 Å². The van der Waals surface area contributed by atoms with Crippen molar-refractivity contribution in [1.82, 2.24) is 0 Å². The molecule has 2 N–H and O–H groups in total. The Bertz CT molecular complexity index is 47.7. The van der Waals surface area contributed by atoms with Crippen LogP contribution in [0.4, 0.5) is 0 Å². The van der Waals surface area contributed by atoms with Crippen LogP contribution in [0, 0.1) is 0 Å². The Morgan fingerprint density at radius 3 is 2.62 bits per heavy atom. The van der Waals surface area contributed by atoms with Gasteiger partial charge in [0.2, 0.25) is 0 Å². The van der Waals surface area contributed by atoms with E-state index in [9.17, 15) is 0 Å². The van der Waals surface area contributed by atoms with Gasteiger partial charge < -0.3 is 15.6 Å². The lowest BCUT2D eigenvalue weighted by Gasteiger charge is -2.13.